The molecule has 1 N–H and O–H groups in total. The maximum absolute atomic E-state index is 5.89. The van der Waals surface area contributed by atoms with Gasteiger partial charge in [0.25, 0.3) is 0 Å². The van der Waals surface area contributed by atoms with Gasteiger partial charge in [0.2, 0.25) is 0 Å². The molecule has 106 valence electrons. The van der Waals surface area contributed by atoms with E-state index in [-0.39, 0.29) is 0 Å². The molecule has 0 spiro atoms. The van der Waals surface area contributed by atoms with Crippen LogP contribution in [0.1, 0.15) is 30.7 Å². The zero-order chi connectivity index (χ0) is 14.5. The van der Waals surface area contributed by atoms with Gasteiger partial charge in [0, 0.05) is 18.8 Å². The number of aryl methyl sites for hydroxylation is 2. The van der Waals surface area contributed by atoms with Gasteiger partial charge >= 0.3 is 0 Å². The molecule has 2 aromatic rings. The minimum atomic E-state index is 0.489. The Balaban J connectivity index is 2.11. The standard InChI is InChI=1S/C17H22N2O/c1-12(2)19-11-15-7-8-16(10-13(15)3)20-17-6-5-9-18-14(17)4/h5-10,12,19H,11H2,1-4H3. The van der Waals surface area contributed by atoms with Crippen LogP contribution in [0.3, 0.4) is 0 Å². The highest BCUT2D eigenvalue weighted by Gasteiger charge is 2.05. The first-order chi connectivity index (χ1) is 9.56. The Bertz CT molecular complexity index is 579. The van der Waals surface area contributed by atoms with E-state index in [4.69, 9.17) is 4.74 Å². The summed E-state index contributed by atoms with van der Waals surface area (Å²) in [6, 6.07) is 10.5. The molecule has 2 rings (SSSR count). The second kappa shape index (κ2) is 6.53. The number of pyridine rings is 1. The molecule has 1 aromatic heterocycles. The molecular formula is C17H22N2O. The molecular weight excluding hydrogens is 248 g/mol. The minimum absolute atomic E-state index is 0.489. The van der Waals surface area contributed by atoms with Crippen molar-refractivity contribution in [1.29, 1.82) is 0 Å². The molecule has 0 unspecified atom stereocenters. The lowest BCUT2D eigenvalue weighted by atomic mass is 10.1. The molecule has 0 radical (unpaired) electrons. The fourth-order valence-electron chi connectivity index (χ4n) is 1.95. The molecule has 1 aromatic carbocycles. The molecule has 0 aliphatic heterocycles. The van der Waals surface area contributed by atoms with Gasteiger partial charge in [-0.05, 0) is 49.2 Å². The lowest BCUT2D eigenvalue weighted by Crippen LogP contribution is -2.22. The zero-order valence-corrected chi connectivity index (χ0v) is 12.6. The highest BCUT2D eigenvalue weighted by Crippen LogP contribution is 2.25. The number of ether oxygens (including phenoxy) is 1. The first-order valence-electron chi connectivity index (χ1n) is 6.98. The molecule has 0 amide bonds. The summed E-state index contributed by atoms with van der Waals surface area (Å²) in [7, 11) is 0. The maximum atomic E-state index is 5.89. The molecule has 0 fully saturated rings. The SMILES string of the molecule is Cc1cc(Oc2cccnc2C)ccc1CNC(C)C. The number of hydrogen-bond acceptors (Lipinski definition) is 3. The van der Waals surface area contributed by atoms with E-state index in [9.17, 15) is 0 Å². The molecule has 1 heterocycles. The van der Waals surface area contributed by atoms with Crippen LogP contribution in [-0.2, 0) is 6.54 Å². The van der Waals surface area contributed by atoms with Gasteiger partial charge in [0.05, 0.1) is 5.69 Å². The normalized spacial score (nSPS) is 10.8. The lowest BCUT2D eigenvalue weighted by Gasteiger charge is -2.13. The average Bonchev–Trinajstić information content (AvgIpc) is 2.40. The first kappa shape index (κ1) is 14.5. The van der Waals surface area contributed by atoms with Crippen LogP contribution < -0.4 is 10.1 Å². The molecule has 0 aliphatic rings. The molecule has 0 bridgehead atoms. The van der Waals surface area contributed by atoms with Gasteiger partial charge < -0.3 is 10.1 Å². The Morgan fingerprint density at radius 2 is 2.00 bits per heavy atom. The summed E-state index contributed by atoms with van der Waals surface area (Å²) in [5.41, 5.74) is 3.43. The number of nitrogens with zero attached hydrogens (tertiary/aromatic N) is 1. The molecule has 0 aliphatic carbocycles. The third-order valence-electron chi connectivity index (χ3n) is 3.20. The van der Waals surface area contributed by atoms with Crippen molar-refractivity contribution < 1.29 is 4.74 Å². The van der Waals surface area contributed by atoms with E-state index in [1.807, 2.05) is 25.1 Å². The molecule has 0 saturated heterocycles. The number of aromatic nitrogens is 1. The predicted molar refractivity (Wildman–Crippen MR) is 82.2 cm³/mol. The van der Waals surface area contributed by atoms with E-state index >= 15 is 0 Å². The summed E-state index contributed by atoms with van der Waals surface area (Å²) >= 11 is 0. The van der Waals surface area contributed by atoms with Gasteiger partial charge in [-0.1, -0.05) is 19.9 Å². The first-order valence-corrected chi connectivity index (χ1v) is 6.98. The highest BCUT2D eigenvalue weighted by atomic mass is 16.5. The summed E-state index contributed by atoms with van der Waals surface area (Å²) in [5, 5.41) is 3.43. The van der Waals surface area contributed by atoms with Crippen LogP contribution in [0.4, 0.5) is 0 Å². The number of nitrogens with one attached hydrogen (secondary N) is 1. The quantitative estimate of drug-likeness (QED) is 0.892. The van der Waals surface area contributed by atoms with Crippen molar-refractivity contribution >= 4 is 0 Å². The van der Waals surface area contributed by atoms with Crippen molar-refractivity contribution in [1.82, 2.24) is 10.3 Å². The molecule has 20 heavy (non-hydrogen) atoms. The van der Waals surface area contributed by atoms with Gasteiger partial charge in [-0.15, -0.1) is 0 Å². The van der Waals surface area contributed by atoms with E-state index in [2.05, 4.69) is 43.2 Å². The Hall–Kier alpha value is -1.87. The van der Waals surface area contributed by atoms with E-state index < -0.39 is 0 Å². The fraction of sp³-hybridized carbons (Fsp3) is 0.353. The fourth-order valence-corrected chi connectivity index (χ4v) is 1.95. The zero-order valence-electron chi connectivity index (χ0n) is 12.6. The summed E-state index contributed by atoms with van der Waals surface area (Å²) in [5.74, 6) is 1.66. The molecule has 3 heteroatoms. The average molecular weight is 270 g/mol. The lowest BCUT2D eigenvalue weighted by molar-refractivity contribution is 0.475. The van der Waals surface area contributed by atoms with Crippen LogP contribution in [0.15, 0.2) is 36.5 Å². The van der Waals surface area contributed by atoms with Crippen molar-refractivity contribution in [2.45, 2.75) is 40.3 Å². The third kappa shape index (κ3) is 3.81. The van der Waals surface area contributed by atoms with Crippen molar-refractivity contribution in [2.24, 2.45) is 0 Å². The van der Waals surface area contributed by atoms with Gasteiger partial charge in [0.15, 0.2) is 0 Å². The van der Waals surface area contributed by atoms with Gasteiger partial charge in [-0.2, -0.15) is 0 Å². The Kier molecular flexibility index (Phi) is 4.74. The van der Waals surface area contributed by atoms with E-state index in [1.54, 1.807) is 6.20 Å². The Morgan fingerprint density at radius 1 is 1.20 bits per heavy atom. The number of rotatable bonds is 5. The minimum Gasteiger partial charge on any atom is -0.455 e. The van der Waals surface area contributed by atoms with Crippen LogP contribution >= 0.6 is 0 Å². The molecule has 3 nitrogen and oxygen atoms in total. The van der Waals surface area contributed by atoms with Crippen molar-refractivity contribution in [2.75, 3.05) is 0 Å². The summed E-state index contributed by atoms with van der Waals surface area (Å²) in [6.45, 7) is 9.25. The Labute approximate surface area is 121 Å². The van der Waals surface area contributed by atoms with Crippen molar-refractivity contribution in [3.63, 3.8) is 0 Å². The monoisotopic (exact) mass is 270 g/mol. The topological polar surface area (TPSA) is 34.1 Å². The van der Waals surface area contributed by atoms with E-state index in [0.29, 0.717) is 6.04 Å². The van der Waals surface area contributed by atoms with Crippen LogP contribution in [0.25, 0.3) is 0 Å². The Morgan fingerprint density at radius 3 is 2.65 bits per heavy atom. The second-order valence-corrected chi connectivity index (χ2v) is 5.31. The molecule has 0 saturated carbocycles. The van der Waals surface area contributed by atoms with Crippen LogP contribution in [0, 0.1) is 13.8 Å². The third-order valence-corrected chi connectivity index (χ3v) is 3.20. The van der Waals surface area contributed by atoms with Crippen molar-refractivity contribution in [3.05, 3.63) is 53.3 Å². The second-order valence-electron chi connectivity index (χ2n) is 5.31. The van der Waals surface area contributed by atoms with E-state index in [0.717, 1.165) is 23.7 Å². The summed E-state index contributed by atoms with van der Waals surface area (Å²) in [6.07, 6.45) is 1.77. The largest absolute Gasteiger partial charge is 0.455 e. The smallest absolute Gasteiger partial charge is 0.148 e. The van der Waals surface area contributed by atoms with E-state index in [1.165, 1.54) is 11.1 Å². The van der Waals surface area contributed by atoms with Crippen LogP contribution in [-0.4, -0.2) is 11.0 Å². The molecule has 0 atom stereocenters. The highest BCUT2D eigenvalue weighted by molar-refractivity contribution is 5.38. The van der Waals surface area contributed by atoms with Gasteiger partial charge in [0.1, 0.15) is 11.5 Å². The summed E-state index contributed by atoms with van der Waals surface area (Å²) < 4.78 is 5.89. The number of hydrogen-bond donors (Lipinski definition) is 1. The number of benzene rings is 1. The van der Waals surface area contributed by atoms with Gasteiger partial charge in [-0.25, -0.2) is 0 Å². The van der Waals surface area contributed by atoms with Gasteiger partial charge in [-0.3, -0.25) is 4.98 Å². The van der Waals surface area contributed by atoms with Crippen LogP contribution in [0.2, 0.25) is 0 Å². The maximum Gasteiger partial charge on any atom is 0.148 e. The predicted octanol–water partition coefficient (Wildman–Crippen LogP) is 3.99. The summed E-state index contributed by atoms with van der Waals surface area (Å²) in [4.78, 5) is 4.23. The van der Waals surface area contributed by atoms with Crippen LogP contribution in [0.5, 0.6) is 11.5 Å². The van der Waals surface area contributed by atoms with Crippen molar-refractivity contribution in [3.8, 4) is 11.5 Å².